The predicted molar refractivity (Wildman–Crippen MR) is 157 cm³/mol. The number of rotatable bonds is 9. The van der Waals surface area contributed by atoms with Crippen LogP contribution < -0.4 is 14.4 Å². The van der Waals surface area contributed by atoms with Crippen molar-refractivity contribution in [3.05, 3.63) is 66.2 Å². The van der Waals surface area contributed by atoms with Crippen LogP contribution in [0.1, 0.15) is 17.5 Å². The topological polar surface area (TPSA) is 104 Å². The highest BCUT2D eigenvalue weighted by atomic mass is 16.5. The van der Waals surface area contributed by atoms with Crippen LogP contribution in [0.15, 0.2) is 55.1 Å². The Balaban J connectivity index is 1.05. The Morgan fingerprint density at radius 3 is 2.67 bits per heavy atom. The molecule has 2 unspecified atom stereocenters. The molecule has 3 fully saturated rings. The Kier molecular flexibility index (Phi) is 7.34. The van der Waals surface area contributed by atoms with Crippen molar-refractivity contribution in [2.24, 2.45) is 0 Å². The summed E-state index contributed by atoms with van der Waals surface area (Å²) in [6, 6.07) is 13.4. The Morgan fingerprint density at radius 1 is 1.05 bits per heavy atom. The summed E-state index contributed by atoms with van der Waals surface area (Å²) in [5, 5.41) is 14.2. The molecule has 0 N–H and O–H groups in total. The van der Waals surface area contributed by atoms with E-state index in [0.717, 1.165) is 81.4 Å². The molecule has 0 amide bonds. The van der Waals surface area contributed by atoms with Gasteiger partial charge < -0.3 is 19.1 Å². The standard InChI is InChI=1S/C31H34N8O3/c1-40-30-5-2-22(15-34-30)18-37-19-26-12-25(37)20-38(26)29-4-3-23(16-33-29)28-13-27(21-39-31(28)24(14-32)17-35-39)42-11-8-36-6-9-41-10-7-36/h2-5,13,15-17,21,25-26H,6-12,18-20H2,1H3. The molecule has 3 aliphatic rings. The Labute approximate surface area is 244 Å². The highest BCUT2D eigenvalue weighted by Crippen LogP contribution is 2.36. The molecule has 2 atom stereocenters. The average molecular weight is 567 g/mol. The number of morpholine rings is 1. The SMILES string of the molecule is COc1ccc(CN2CC3CC2CN3c2ccc(-c3cc(OCCN4CCOCC4)cn4ncc(C#N)c34)cn2)cn1. The van der Waals surface area contributed by atoms with Gasteiger partial charge in [0.15, 0.2) is 0 Å². The van der Waals surface area contributed by atoms with E-state index in [0.29, 0.717) is 35.9 Å². The summed E-state index contributed by atoms with van der Waals surface area (Å²) in [4.78, 5) is 16.6. The monoisotopic (exact) mass is 566 g/mol. The Hall–Kier alpha value is -4.24. The lowest BCUT2D eigenvalue weighted by molar-refractivity contribution is 0.0322. The van der Waals surface area contributed by atoms with Crippen LogP contribution in [-0.4, -0.2) is 101 Å². The number of anilines is 1. The van der Waals surface area contributed by atoms with Gasteiger partial charge in [-0.15, -0.1) is 0 Å². The van der Waals surface area contributed by atoms with Gasteiger partial charge in [-0.25, -0.2) is 14.5 Å². The van der Waals surface area contributed by atoms with Crippen LogP contribution in [-0.2, 0) is 11.3 Å². The maximum Gasteiger partial charge on any atom is 0.212 e. The molecule has 0 saturated carbocycles. The van der Waals surface area contributed by atoms with Gasteiger partial charge >= 0.3 is 0 Å². The Bertz CT molecular complexity index is 1580. The molecule has 7 rings (SSSR count). The zero-order valence-electron chi connectivity index (χ0n) is 23.7. The first-order valence-electron chi connectivity index (χ1n) is 14.5. The lowest BCUT2D eigenvalue weighted by atomic mass is 10.1. The van der Waals surface area contributed by atoms with E-state index in [2.05, 4.69) is 49.1 Å². The van der Waals surface area contributed by atoms with Gasteiger partial charge in [0.2, 0.25) is 5.88 Å². The fourth-order valence-electron chi connectivity index (χ4n) is 6.39. The average Bonchev–Trinajstić information content (AvgIpc) is 3.76. The smallest absolute Gasteiger partial charge is 0.212 e. The van der Waals surface area contributed by atoms with E-state index in [4.69, 9.17) is 19.2 Å². The first kappa shape index (κ1) is 26.6. The van der Waals surface area contributed by atoms with Gasteiger partial charge in [-0.2, -0.15) is 10.4 Å². The van der Waals surface area contributed by atoms with Crippen LogP contribution in [0.4, 0.5) is 5.82 Å². The molecule has 4 aromatic rings. The highest BCUT2D eigenvalue weighted by molar-refractivity contribution is 5.85. The third kappa shape index (κ3) is 5.25. The molecule has 0 radical (unpaired) electrons. The fourth-order valence-corrected chi connectivity index (χ4v) is 6.39. The molecule has 0 spiro atoms. The summed E-state index contributed by atoms with van der Waals surface area (Å²) in [5.74, 6) is 2.34. The number of likely N-dealkylation sites (tertiary alicyclic amines) is 1. The van der Waals surface area contributed by atoms with E-state index in [-0.39, 0.29) is 0 Å². The van der Waals surface area contributed by atoms with Crippen LogP contribution in [0.2, 0.25) is 0 Å². The van der Waals surface area contributed by atoms with Gasteiger partial charge in [0.1, 0.15) is 24.2 Å². The minimum atomic E-state index is 0.439. The second kappa shape index (κ2) is 11.6. The maximum atomic E-state index is 9.75. The third-order valence-corrected chi connectivity index (χ3v) is 8.59. The van der Waals surface area contributed by atoms with Gasteiger partial charge in [-0.3, -0.25) is 9.80 Å². The van der Waals surface area contributed by atoms with E-state index >= 15 is 0 Å². The lowest BCUT2D eigenvalue weighted by Gasteiger charge is -2.35. The van der Waals surface area contributed by atoms with Crippen LogP contribution in [0.25, 0.3) is 16.6 Å². The summed E-state index contributed by atoms with van der Waals surface area (Å²) in [7, 11) is 1.64. The normalized spacial score (nSPS) is 20.7. The molecular formula is C31H34N8O3. The quantitative estimate of drug-likeness (QED) is 0.300. The van der Waals surface area contributed by atoms with E-state index in [1.54, 1.807) is 17.8 Å². The fraction of sp³-hybridized carbons (Fsp3) is 0.419. The molecule has 7 heterocycles. The minimum Gasteiger partial charge on any atom is -0.491 e. The first-order valence-corrected chi connectivity index (χ1v) is 14.5. The maximum absolute atomic E-state index is 9.75. The number of ether oxygens (including phenoxy) is 3. The number of piperazine rings is 1. The van der Waals surface area contributed by atoms with Crippen LogP contribution in [0, 0.1) is 11.3 Å². The van der Waals surface area contributed by atoms with Crippen molar-refractivity contribution < 1.29 is 14.2 Å². The number of nitrogens with zero attached hydrogens (tertiary/aromatic N) is 8. The van der Waals surface area contributed by atoms with E-state index in [9.17, 15) is 5.26 Å². The zero-order chi connectivity index (χ0) is 28.5. The van der Waals surface area contributed by atoms with E-state index in [1.165, 1.54) is 5.56 Å². The van der Waals surface area contributed by atoms with Crippen molar-refractivity contribution in [2.75, 3.05) is 64.6 Å². The number of pyridine rings is 3. The summed E-state index contributed by atoms with van der Waals surface area (Å²) < 4.78 is 18.5. The van der Waals surface area contributed by atoms with Crippen molar-refractivity contribution in [3.8, 4) is 28.8 Å². The predicted octanol–water partition coefficient (Wildman–Crippen LogP) is 2.85. The van der Waals surface area contributed by atoms with Crippen molar-refractivity contribution in [3.63, 3.8) is 0 Å². The summed E-state index contributed by atoms with van der Waals surface area (Å²) in [5.41, 5.74) is 4.30. The molecule has 0 aromatic carbocycles. The van der Waals surface area contributed by atoms with Crippen molar-refractivity contribution in [1.29, 1.82) is 5.26 Å². The first-order chi connectivity index (χ1) is 20.7. The van der Waals surface area contributed by atoms with Crippen LogP contribution in [0.3, 0.4) is 0 Å². The summed E-state index contributed by atoms with van der Waals surface area (Å²) in [6.45, 7) is 7.64. The van der Waals surface area contributed by atoms with Gasteiger partial charge in [0, 0.05) is 80.9 Å². The number of hydrogen-bond acceptors (Lipinski definition) is 10. The highest BCUT2D eigenvalue weighted by Gasteiger charge is 2.43. The molecule has 3 aliphatic heterocycles. The second-order valence-electron chi connectivity index (χ2n) is 11.1. The van der Waals surface area contributed by atoms with Gasteiger partial charge in [-0.05, 0) is 30.2 Å². The Morgan fingerprint density at radius 2 is 1.95 bits per heavy atom. The van der Waals surface area contributed by atoms with E-state index < -0.39 is 0 Å². The zero-order valence-corrected chi connectivity index (χ0v) is 23.7. The van der Waals surface area contributed by atoms with Gasteiger partial charge in [0.25, 0.3) is 0 Å². The minimum absolute atomic E-state index is 0.439. The molecule has 3 saturated heterocycles. The summed E-state index contributed by atoms with van der Waals surface area (Å²) >= 11 is 0. The van der Waals surface area contributed by atoms with Crippen molar-refractivity contribution in [2.45, 2.75) is 25.0 Å². The molecule has 2 bridgehead atoms. The second-order valence-corrected chi connectivity index (χ2v) is 11.1. The molecule has 4 aromatic heterocycles. The number of hydrogen-bond donors (Lipinski definition) is 0. The number of fused-ring (bicyclic) bond motifs is 3. The largest absolute Gasteiger partial charge is 0.491 e. The van der Waals surface area contributed by atoms with Crippen molar-refractivity contribution >= 4 is 11.3 Å². The van der Waals surface area contributed by atoms with Crippen LogP contribution >= 0.6 is 0 Å². The molecule has 0 aliphatic carbocycles. The molecule has 11 heteroatoms. The molecule has 42 heavy (non-hydrogen) atoms. The summed E-state index contributed by atoms with van der Waals surface area (Å²) in [6.07, 6.45) is 8.40. The molecule has 216 valence electrons. The van der Waals surface area contributed by atoms with Gasteiger partial charge in [0.05, 0.1) is 43.8 Å². The number of nitriles is 1. The molecule has 11 nitrogen and oxygen atoms in total. The van der Waals surface area contributed by atoms with E-state index in [1.807, 2.05) is 30.7 Å². The van der Waals surface area contributed by atoms with Gasteiger partial charge in [-0.1, -0.05) is 6.07 Å². The van der Waals surface area contributed by atoms with Crippen LogP contribution in [0.5, 0.6) is 11.6 Å². The third-order valence-electron chi connectivity index (χ3n) is 8.59. The number of methoxy groups -OCH3 is 1. The van der Waals surface area contributed by atoms with Crippen molar-refractivity contribution in [1.82, 2.24) is 29.4 Å². The lowest BCUT2D eigenvalue weighted by Crippen LogP contribution is -2.46. The molecular weight excluding hydrogens is 532 g/mol. The number of aromatic nitrogens is 4.